The summed E-state index contributed by atoms with van der Waals surface area (Å²) in [5.74, 6) is 0.455. The number of carbonyl (C=O) groups is 1. The quantitative estimate of drug-likeness (QED) is 0.481. The minimum absolute atomic E-state index is 0.113. The molecule has 0 N–H and O–H groups in total. The smallest absolute Gasteiger partial charge is 0.276 e. The van der Waals surface area contributed by atoms with Gasteiger partial charge in [-0.1, -0.05) is 35.5 Å². The van der Waals surface area contributed by atoms with Crippen molar-refractivity contribution in [3.05, 3.63) is 81.4 Å². The van der Waals surface area contributed by atoms with E-state index >= 15 is 0 Å². The molecule has 4 heterocycles. The van der Waals surface area contributed by atoms with Crippen molar-refractivity contribution < 1.29 is 9.32 Å². The van der Waals surface area contributed by atoms with Crippen LogP contribution in [-0.4, -0.2) is 32.3 Å². The molecule has 4 aromatic rings. The van der Waals surface area contributed by atoms with Crippen molar-refractivity contribution in [1.29, 1.82) is 0 Å². The molecule has 1 aromatic carbocycles. The average Bonchev–Trinajstić information content (AvgIpc) is 3.52. The van der Waals surface area contributed by atoms with Crippen LogP contribution in [0.1, 0.15) is 45.2 Å². The molecule has 3 aromatic heterocycles. The molecule has 0 radical (unpaired) electrons. The Bertz CT molecular complexity index is 1190. The van der Waals surface area contributed by atoms with Crippen LogP contribution in [0.3, 0.4) is 0 Å². The zero-order valence-corrected chi connectivity index (χ0v) is 17.7. The van der Waals surface area contributed by atoms with Gasteiger partial charge in [-0.2, -0.15) is 5.10 Å². The molecule has 0 saturated heterocycles. The predicted molar refractivity (Wildman–Crippen MR) is 115 cm³/mol. The first-order valence-corrected chi connectivity index (χ1v) is 11.0. The maximum Gasteiger partial charge on any atom is 0.276 e. The van der Waals surface area contributed by atoms with E-state index < -0.39 is 0 Å². The van der Waals surface area contributed by atoms with E-state index in [9.17, 15) is 4.79 Å². The second-order valence-corrected chi connectivity index (χ2v) is 8.40. The Morgan fingerprint density at radius 1 is 1.27 bits per heavy atom. The van der Waals surface area contributed by atoms with E-state index in [-0.39, 0.29) is 11.9 Å². The molecule has 0 aliphatic carbocycles. The summed E-state index contributed by atoms with van der Waals surface area (Å²) < 4.78 is 7.44. The van der Waals surface area contributed by atoms with E-state index in [2.05, 4.69) is 33.8 Å². The standard InChI is InChI=1S/C23H22N4O2S/c1-3-27-15(2)18(14-24-27)20-13-19(25-29-20)23(28)26-11-9-21-17(10-12-30-21)22(26)16-7-5-4-6-8-16/h4-8,10,12-14,22H,3,9,11H2,1-2H3. The van der Waals surface area contributed by atoms with E-state index in [1.807, 2.05) is 41.6 Å². The number of thiophene rings is 1. The first-order valence-electron chi connectivity index (χ1n) is 10.1. The van der Waals surface area contributed by atoms with Crippen LogP contribution in [0.4, 0.5) is 0 Å². The van der Waals surface area contributed by atoms with E-state index in [1.54, 1.807) is 23.6 Å². The van der Waals surface area contributed by atoms with Crippen LogP contribution < -0.4 is 0 Å². The van der Waals surface area contributed by atoms with Crippen LogP contribution >= 0.6 is 11.3 Å². The van der Waals surface area contributed by atoms with Crippen molar-refractivity contribution in [1.82, 2.24) is 19.8 Å². The summed E-state index contributed by atoms with van der Waals surface area (Å²) in [6.45, 7) is 5.46. The largest absolute Gasteiger partial charge is 0.355 e. The van der Waals surface area contributed by atoms with Gasteiger partial charge in [-0.25, -0.2) is 0 Å². The molecule has 0 bridgehead atoms. The molecule has 6 nitrogen and oxygen atoms in total. The van der Waals surface area contributed by atoms with Crippen molar-refractivity contribution in [2.45, 2.75) is 32.9 Å². The van der Waals surface area contributed by atoms with Crippen LogP contribution in [0.2, 0.25) is 0 Å². The number of aryl methyl sites for hydroxylation is 1. The lowest BCUT2D eigenvalue weighted by Gasteiger charge is -2.35. The number of fused-ring (bicyclic) bond motifs is 1. The molecule has 0 fully saturated rings. The molecular weight excluding hydrogens is 396 g/mol. The minimum atomic E-state index is -0.115. The molecule has 7 heteroatoms. The van der Waals surface area contributed by atoms with E-state index in [0.29, 0.717) is 18.0 Å². The molecule has 1 amide bonds. The van der Waals surface area contributed by atoms with E-state index in [0.717, 1.165) is 29.8 Å². The van der Waals surface area contributed by atoms with E-state index in [4.69, 9.17) is 4.52 Å². The summed E-state index contributed by atoms with van der Waals surface area (Å²) in [5.41, 5.74) is 4.49. The average molecular weight is 419 g/mol. The summed E-state index contributed by atoms with van der Waals surface area (Å²) in [6, 6.07) is 13.9. The first-order chi connectivity index (χ1) is 14.7. The van der Waals surface area contributed by atoms with Crippen LogP contribution in [0.15, 0.2) is 58.6 Å². The predicted octanol–water partition coefficient (Wildman–Crippen LogP) is 4.72. The molecule has 1 atom stereocenters. The fourth-order valence-corrected chi connectivity index (χ4v) is 5.09. The molecule has 1 unspecified atom stereocenters. The second kappa shape index (κ2) is 7.57. The monoisotopic (exact) mass is 418 g/mol. The Hall–Kier alpha value is -3.19. The lowest BCUT2D eigenvalue weighted by molar-refractivity contribution is 0.0685. The molecular formula is C23H22N4O2S. The van der Waals surface area contributed by atoms with Crippen molar-refractivity contribution in [2.75, 3.05) is 6.54 Å². The maximum absolute atomic E-state index is 13.5. The Kier molecular flexibility index (Phi) is 4.75. The Morgan fingerprint density at radius 2 is 2.10 bits per heavy atom. The number of hydrogen-bond acceptors (Lipinski definition) is 5. The molecule has 1 aliphatic rings. The highest BCUT2D eigenvalue weighted by Crippen LogP contribution is 2.38. The Balaban J connectivity index is 1.50. The van der Waals surface area contributed by atoms with Gasteiger partial charge in [0.1, 0.15) is 0 Å². The lowest BCUT2D eigenvalue weighted by Crippen LogP contribution is -2.40. The molecule has 152 valence electrons. The van der Waals surface area contributed by atoms with Crippen molar-refractivity contribution >= 4 is 17.2 Å². The van der Waals surface area contributed by atoms with Gasteiger partial charge in [-0.05, 0) is 42.8 Å². The van der Waals surface area contributed by atoms with Gasteiger partial charge in [0.2, 0.25) is 0 Å². The van der Waals surface area contributed by atoms with Gasteiger partial charge in [0.25, 0.3) is 5.91 Å². The third-order valence-electron chi connectivity index (χ3n) is 5.74. The number of nitrogens with zero attached hydrogens (tertiary/aromatic N) is 4. The highest BCUT2D eigenvalue weighted by Gasteiger charge is 2.34. The fourth-order valence-electron chi connectivity index (χ4n) is 4.19. The van der Waals surface area contributed by atoms with Crippen LogP contribution in [0.25, 0.3) is 11.3 Å². The van der Waals surface area contributed by atoms with E-state index in [1.165, 1.54) is 10.4 Å². The zero-order chi connectivity index (χ0) is 20.7. The first kappa shape index (κ1) is 18.8. The Morgan fingerprint density at radius 3 is 2.87 bits per heavy atom. The SMILES string of the molecule is CCn1ncc(-c2cc(C(=O)N3CCc4sccc4C3c3ccccc3)no2)c1C. The second-order valence-electron chi connectivity index (χ2n) is 7.40. The van der Waals surface area contributed by atoms with Crippen molar-refractivity contribution in [2.24, 2.45) is 0 Å². The highest BCUT2D eigenvalue weighted by molar-refractivity contribution is 7.10. The van der Waals surface area contributed by atoms with Gasteiger partial charge in [-0.15, -0.1) is 11.3 Å². The van der Waals surface area contributed by atoms with Crippen LogP contribution in [0, 0.1) is 6.92 Å². The topological polar surface area (TPSA) is 64.2 Å². The third-order valence-corrected chi connectivity index (χ3v) is 6.74. The lowest BCUT2D eigenvalue weighted by atomic mass is 9.93. The summed E-state index contributed by atoms with van der Waals surface area (Å²) in [4.78, 5) is 16.7. The summed E-state index contributed by atoms with van der Waals surface area (Å²) >= 11 is 1.76. The molecule has 1 aliphatic heterocycles. The van der Waals surface area contributed by atoms with Crippen LogP contribution in [0.5, 0.6) is 0 Å². The van der Waals surface area contributed by atoms with Gasteiger partial charge in [0.15, 0.2) is 11.5 Å². The van der Waals surface area contributed by atoms with Gasteiger partial charge in [0, 0.05) is 29.7 Å². The summed E-state index contributed by atoms with van der Waals surface area (Å²) in [5, 5.41) is 10.6. The summed E-state index contributed by atoms with van der Waals surface area (Å²) in [6.07, 6.45) is 2.62. The number of amides is 1. The number of benzene rings is 1. The number of aromatic nitrogens is 3. The van der Waals surface area contributed by atoms with Gasteiger partial charge in [0.05, 0.1) is 17.8 Å². The molecule has 5 rings (SSSR count). The molecule has 30 heavy (non-hydrogen) atoms. The Labute approximate surface area is 178 Å². The number of hydrogen-bond donors (Lipinski definition) is 0. The highest BCUT2D eigenvalue weighted by atomic mass is 32.1. The molecule has 0 spiro atoms. The van der Waals surface area contributed by atoms with Gasteiger partial charge in [-0.3, -0.25) is 9.48 Å². The van der Waals surface area contributed by atoms with Crippen LogP contribution in [-0.2, 0) is 13.0 Å². The minimum Gasteiger partial charge on any atom is -0.355 e. The normalized spacial score (nSPS) is 15.9. The third kappa shape index (κ3) is 3.06. The maximum atomic E-state index is 13.5. The number of carbonyl (C=O) groups excluding carboxylic acids is 1. The summed E-state index contributed by atoms with van der Waals surface area (Å²) in [7, 11) is 0. The molecule has 0 saturated carbocycles. The van der Waals surface area contributed by atoms with Gasteiger partial charge >= 0.3 is 0 Å². The number of rotatable bonds is 4. The van der Waals surface area contributed by atoms with Crippen molar-refractivity contribution in [3.63, 3.8) is 0 Å². The zero-order valence-electron chi connectivity index (χ0n) is 16.9. The van der Waals surface area contributed by atoms with Crippen molar-refractivity contribution in [3.8, 4) is 11.3 Å². The van der Waals surface area contributed by atoms with Gasteiger partial charge < -0.3 is 9.42 Å². The fraction of sp³-hybridized carbons (Fsp3) is 0.261.